The number of esters is 1. The van der Waals surface area contributed by atoms with E-state index in [9.17, 15) is 9.18 Å². The largest absolute Gasteiger partial charge is 0.462 e. The van der Waals surface area contributed by atoms with E-state index >= 15 is 0 Å². The maximum absolute atomic E-state index is 13.1. The SMILES string of the molecule is CCOC(=O)c1cc(F)c(C)[n+](O)c1. The molecule has 0 atom stereocenters. The molecule has 0 fully saturated rings. The summed E-state index contributed by atoms with van der Waals surface area (Å²) >= 11 is 0. The fourth-order valence-electron chi connectivity index (χ4n) is 0.942. The average Bonchev–Trinajstić information content (AvgIpc) is 2.13. The molecule has 1 heterocycles. The van der Waals surface area contributed by atoms with Crippen molar-refractivity contribution in [3.05, 3.63) is 29.3 Å². The Hall–Kier alpha value is -1.65. The molecule has 0 saturated carbocycles. The van der Waals surface area contributed by atoms with Gasteiger partial charge < -0.3 is 4.74 Å². The molecule has 4 nitrogen and oxygen atoms in total. The van der Waals surface area contributed by atoms with Crippen LogP contribution in [0.5, 0.6) is 0 Å². The zero-order chi connectivity index (χ0) is 10.7. The highest BCUT2D eigenvalue weighted by Crippen LogP contribution is 2.05. The molecule has 0 unspecified atom stereocenters. The molecule has 0 radical (unpaired) electrons. The number of pyridine rings is 1. The Balaban J connectivity index is 3.06. The van der Waals surface area contributed by atoms with Crippen LogP contribution in [0.2, 0.25) is 0 Å². The number of halogens is 1. The van der Waals surface area contributed by atoms with E-state index in [-0.39, 0.29) is 17.9 Å². The zero-order valence-electron chi connectivity index (χ0n) is 7.95. The highest BCUT2D eigenvalue weighted by atomic mass is 19.1. The summed E-state index contributed by atoms with van der Waals surface area (Å²) in [5.74, 6) is -1.31. The predicted molar refractivity (Wildman–Crippen MR) is 44.5 cm³/mol. The average molecular weight is 200 g/mol. The molecule has 0 aliphatic heterocycles. The lowest BCUT2D eigenvalue weighted by molar-refractivity contribution is -0.909. The number of ether oxygens (including phenoxy) is 1. The van der Waals surface area contributed by atoms with E-state index in [0.717, 1.165) is 12.3 Å². The second-order valence-corrected chi connectivity index (χ2v) is 2.73. The molecule has 0 aliphatic carbocycles. The summed E-state index contributed by atoms with van der Waals surface area (Å²) in [7, 11) is 0. The molecule has 1 N–H and O–H groups in total. The van der Waals surface area contributed by atoms with Gasteiger partial charge in [-0.1, -0.05) is 0 Å². The maximum atomic E-state index is 13.1. The van der Waals surface area contributed by atoms with Crippen molar-refractivity contribution in [1.29, 1.82) is 0 Å². The maximum Gasteiger partial charge on any atom is 0.344 e. The van der Waals surface area contributed by atoms with Crippen LogP contribution in [-0.4, -0.2) is 17.8 Å². The summed E-state index contributed by atoms with van der Waals surface area (Å²) in [4.78, 5) is 11.1. The molecule has 5 heteroatoms. The lowest BCUT2D eigenvalue weighted by Crippen LogP contribution is -2.35. The summed E-state index contributed by atoms with van der Waals surface area (Å²) in [6.45, 7) is 3.25. The molecule has 0 aromatic carbocycles. The Morgan fingerprint density at radius 2 is 2.36 bits per heavy atom. The van der Waals surface area contributed by atoms with Gasteiger partial charge in [0.2, 0.25) is 6.20 Å². The Morgan fingerprint density at radius 1 is 1.71 bits per heavy atom. The van der Waals surface area contributed by atoms with Gasteiger partial charge in [-0.2, -0.15) is 4.39 Å². The van der Waals surface area contributed by atoms with Gasteiger partial charge in [0.1, 0.15) is 5.56 Å². The third kappa shape index (κ3) is 1.99. The highest BCUT2D eigenvalue weighted by molar-refractivity contribution is 5.88. The molecule has 1 aromatic heterocycles. The predicted octanol–water partition coefficient (Wildman–Crippen LogP) is 0.836. The van der Waals surface area contributed by atoms with Gasteiger partial charge in [0, 0.05) is 17.7 Å². The van der Waals surface area contributed by atoms with Gasteiger partial charge in [-0.25, -0.2) is 4.79 Å². The monoisotopic (exact) mass is 200 g/mol. The van der Waals surface area contributed by atoms with E-state index in [0.29, 0.717) is 4.73 Å². The quantitative estimate of drug-likeness (QED) is 0.437. The van der Waals surface area contributed by atoms with E-state index in [4.69, 9.17) is 5.21 Å². The van der Waals surface area contributed by atoms with Crippen molar-refractivity contribution < 1.29 is 23.9 Å². The van der Waals surface area contributed by atoms with Crippen molar-refractivity contribution in [1.82, 2.24) is 0 Å². The van der Waals surface area contributed by atoms with Crippen molar-refractivity contribution in [3.8, 4) is 0 Å². The van der Waals surface area contributed by atoms with Crippen molar-refractivity contribution in [2.24, 2.45) is 0 Å². The number of hydrogen-bond donors (Lipinski definition) is 1. The second kappa shape index (κ2) is 4.04. The summed E-state index contributed by atoms with van der Waals surface area (Å²) in [6, 6.07) is 1.03. The summed E-state index contributed by atoms with van der Waals surface area (Å²) < 4.78 is 18.3. The van der Waals surface area contributed by atoms with Crippen LogP contribution in [0.25, 0.3) is 0 Å². The molecule has 0 amide bonds. The molecule has 0 aliphatic rings. The minimum atomic E-state index is -0.658. The number of rotatable bonds is 2. The number of carbonyl (C=O) groups is 1. The Labute approximate surface area is 80.5 Å². The highest BCUT2D eigenvalue weighted by Gasteiger charge is 2.18. The number of hydrogen-bond acceptors (Lipinski definition) is 3. The van der Waals surface area contributed by atoms with Gasteiger partial charge in [0.05, 0.1) is 6.61 Å². The molecular weight excluding hydrogens is 189 g/mol. The van der Waals surface area contributed by atoms with E-state index in [1.807, 2.05) is 0 Å². The summed E-state index contributed by atoms with van der Waals surface area (Å²) in [5.41, 5.74) is 0.0236. The second-order valence-electron chi connectivity index (χ2n) is 2.73. The zero-order valence-corrected chi connectivity index (χ0v) is 7.95. The van der Waals surface area contributed by atoms with Crippen LogP contribution in [0.3, 0.4) is 0 Å². The molecule has 1 rings (SSSR count). The molecule has 1 aromatic rings. The van der Waals surface area contributed by atoms with E-state index < -0.39 is 11.8 Å². The fourth-order valence-corrected chi connectivity index (χ4v) is 0.942. The first-order chi connectivity index (χ1) is 6.56. The van der Waals surface area contributed by atoms with Gasteiger partial charge in [-0.15, -0.1) is 0 Å². The lowest BCUT2D eigenvalue weighted by Gasteiger charge is -2.00. The van der Waals surface area contributed by atoms with Crippen molar-refractivity contribution in [3.63, 3.8) is 0 Å². The lowest BCUT2D eigenvalue weighted by atomic mass is 10.2. The van der Waals surface area contributed by atoms with Crippen molar-refractivity contribution in [2.75, 3.05) is 6.61 Å². The normalized spacial score (nSPS) is 9.93. The standard InChI is InChI=1S/C9H11FNO3/c1-3-14-9(12)7-4-8(10)6(2)11(13)5-7/h4-5,13H,3H2,1-2H3/q+1. The summed E-state index contributed by atoms with van der Waals surface area (Å²) in [5, 5.41) is 9.17. The Morgan fingerprint density at radius 3 is 2.86 bits per heavy atom. The molecule has 76 valence electrons. The van der Waals surface area contributed by atoms with Crippen molar-refractivity contribution in [2.45, 2.75) is 13.8 Å². The van der Waals surface area contributed by atoms with E-state index in [1.165, 1.54) is 6.92 Å². The number of nitrogens with zero attached hydrogens (tertiary/aromatic N) is 1. The first-order valence-electron chi connectivity index (χ1n) is 4.14. The van der Waals surface area contributed by atoms with Crippen LogP contribution in [0.1, 0.15) is 23.0 Å². The fraction of sp³-hybridized carbons (Fsp3) is 0.333. The van der Waals surface area contributed by atoms with E-state index in [1.54, 1.807) is 6.92 Å². The topological polar surface area (TPSA) is 50.4 Å². The van der Waals surface area contributed by atoms with Crippen molar-refractivity contribution >= 4 is 5.97 Å². The Bertz CT molecular complexity index is 342. The molecule has 0 bridgehead atoms. The van der Waals surface area contributed by atoms with Crippen LogP contribution in [-0.2, 0) is 4.74 Å². The smallest absolute Gasteiger partial charge is 0.344 e. The minimum Gasteiger partial charge on any atom is -0.462 e. The molecule has 14 heavy (non-hydrogen) atoms. The van der Waals surface area contributed by atoms with Gasteiger partial charge >= 0.3 is 5.97 Å². The first-order valence-corrected chi connectivity index (χ1v) is 4.14. The van der Waals surface area contributed by atoms with Crippen LogP contribution in [0.4, 0.5) is 4.39 Å². The summed E-state index contributed by atoms with van der Waals surface area (Å²) in [6.07, 6.45) is 1.11. The molecule has 0 spiro atoms. The van der Waals surface area contributed by atoms with Crippen LogP contribution >= 0.6 is 0 Å². The van der Waals surface area contributed by atoms with Gasteiger partial charge in [0.25, 0.3) is 5.69 Å². The third-order valence-corrected chi connectivity index (χ3v) is 1.74. The minimum absolute atomic E-state index is 0.0162. The molecule has 0 saturated heterocycles. The molecular formula is C9H11FNO3+. The van der Waals surface area contributed by atoms with Crippen LogP contribution < -0.4 is 4.73 Å². The van der Waals surface area contributed by atoms with Gasteiger partial charge in [-0.3, -0.25) is 5.21 Å². The first kappa shape index (κ1) is 10.4. The van der Waals surface area contributed by atoms with Crippen LogP contribution in [0, 0.1) is 12.7 Å². The third-order valence-electron chi connectivity index (χ3n) is 1.74. The van der Waals surface area contributed by atoms with Crippen LogP contribution in [0.15, 0.2) is 12.3 Å². The Kier molecular flexibility index (Phi) is 3.01. The van der Waals surface area contributed by atoms with E-state index in [2.05, 4.69) is 4.74 Å². The van der Waals surface area contributed by atoms with Gasteiger partial charge in [0.15, 0.2) is 5.82 Å². The number of carbonyl (C=O) groups excluding carboxylic acids is 1. The number of aromatic nitrogens is 1. The van der Waals surface area contributed by atoms with Gasteiger partial charge in [-0.05, 0) is 6.92 Å².